The molecular formula is C25H23N3O6S. The van der Waals surface area contributed by atoms with Crippen LogP contribution < -0.4 is 24.4 Å². The standard InChI is InChI=1S/C25H23N3O6S/c1-15-24(29)27-20-13-17(7-9-23(20)34-15)26-25(30)19-14-18(8-10-22(19)33-2)35(31,32)28-12-11-16-5-3-4-6-21(16)28/h3-10,13-15H,11-12H2,1-2H3,(H,26,30)(H,27,29)/t15-/m1/s1. The Labute approximate surface area is 202 Å². The average Bonchev–Trinajstić information content (AvgIpc) is 3.29. The summed E-state index contributed by atoms with van der Waals surface area (Å²) in [5, 5.41) is 5.47. The van der Waals surface area contributed by atoms with E-state index < -0.39 is 22.0 Å². The molecule has 3 aromatic rings. The molecule has 0 saturated carbocycles. The lowest BCUT2D eigenvalue weighted by atomic mass is 10.1. The molecular weight excluding hydrogens is 470 g/mol. The van der Waals surface area contributed by atoms with E-state index in [0.29, 0.717) is 35.8 Å². The molecule has 0 saturated heterocycles. The Kier molecular flexibility index (Phi) is 5.60. The van der Waals surface area contributed by atoms with Gasteiger partial charge in [0.2, 0.25) is 0 Å². The van der Waals surface area contributed by atoms with Gasteiger partial charge >= 0.3 is 0 Å². The van der Waals surface area contributed by atoms with Gasteiger partial charge in [-0.3, -0.25) is 13.9 Å². The molecule has 0 spiro atoms. The first-order valence-electron chi connectivity index (χ1n) is 11.0. The zero-order chi connectivity index (χ0) is 24.7. The molecule has 10 heteroatoms. The third-order valence-corrected chi connectivity index (χ3v) is 7.83. The number of hydrogen-bond donors (Lipinski definition) is 2. The normalized spacial score (nSPS) is 16.6. The predicted molar refractivity (Wildman–Crippen MR) is 131 cm³/mol. The Bertz CT molecular complexity index is 1450. The van der Waals surface area contributed by atoms with Crippen LogP contribution in [0.25, 0.3) is 0 Å². The molecule has 180 valence electrons. The number of ether oxygens (including phenoxy) is 2. The van der Waals surface area contributed by atoms with Crippen LogP contribution in [0.15, 0.2) is 65.6 Å². The first-order chi connectivity index (χ1) is 16.8. The Balaban J connectivity index is 1.44. The van der Waals surface area contributed by atoms with Gasteiger partial charge in [0.1, 0.15) is 11.5 Å². The van der Waals surface area contributed by atoms with E-state index in [9.17, 15) is 18.0 Å². The van der Waals surface area contributed by atoms with E-state index >= 15 is 0 Å². The van der Waals surface area contributed by atoms with Crippen LogP contribution in [0.5, 0.6) is 11.5 Å². The predicted octanol–water partition coefficient (Wildman–Crippen LogP) is 3.42. The zero-order valence-corrected chi connectivity index (χ0v) is 19.9. The van der Waals surface area contributed by atoms with Crippen molar-refractivity contribution in [2.24, 2.45) is 0 Å². The number of fused-ring (bicyclic) bond motifs is 2. The molecule has 5 rings (SSSR count). The van der Waals surface area contributed by atoms with Crippen molar-refractivity contribution in [2.75, 3.05) is 28.6 Å². The van der Waals surface area contributed by atoms with Crippen molar-refractivity contribution in [3.05, 3.63) is 71.8 Å². The Morgan fingerprint density at radius 3 is 2.74 bits per heavy atom. The Morgan fingerprint density at radius 1 is 1.14 bits per heavy atom. The summed E-state index contributed by atoms with van der Waals surface area (Å²) >= 11 is 0. The maximum Gasteiger partial charge on any atom is 0.265 e. The summed E-state index contributed by atoms with van der Waals surface area (Å²) in [7, 11) is -2.49. The second kappa shape index (κ2) is 8.62. The number of hydrogen-bond acceptors (Lipinski definition) is 6. The second-order valence-corrected chi connectivity index (χ2v) is 10.1. The maximum absolute atomic E-state index is 13.4. The molecule has 0 unspecified atom stereocenters. The number of anilines is 3. The van der Waals surface area contributed by atoms with Gasteiger partial charge in [0, 0.05) is 12.2 Å². The van der Waals surface area contributed by atoms with Crippen LogP contribution in [-0.4, -0.2) is 40.0 Å². The molecule has 2 amide bonds. The molecule has 2 aliphatic heterocycles. The minimum Gasteiger partial charge on any atom is -0.496 e. The van der Waals surface area contributed by atoms with Crippen molar-refractivity contribution < 1.29 is 27.5 Å². The van der Waals surface area contributed by atoms with Crippen LogP contribution in [0.4, 0.5) is 17.1 Å². The van der Waals surface area contributed by atoms with E-state index in [4.69, 9.17) is 9.47 Å². The van der Waals surface area contributed by atoms with Gasteiger partial charge < -0.3 is 20.1 Å². The molecule has 2 heterocycles. The fourth-order valence-electron chi connectivity index (χ4n) is 4.19. The number of nitrogens with one attached hydrogen (secondary N) is 2. The third-order valence-electron chi connectivity index (χ3n) is 6.02. The van der Waals surface area contributed by atoms with Crippen molar-refractivity contribution >= 4 is 38.9 Å². The van der Waals surface area contributed by atoms with Crippen LogP contribution in [0.2, 0.25) is 0 Å². The first-order valence-corrected chi connectivity index (χ1v) is 12.4. The number of rotatable bonds is 5. The van der Waals surface area contributed by atoms with E-state index in [1.54, 1.807) is 37.3 Å². The van der Waals surface area contributed by atoms with Gasteiger partial charge in [-0.25, -0.2) is 8.42 Å². The summed E-state index contributed by atoms with van der Waals surface area (Å²) in [6.45, 7) is 1.97. The largest absolute Gasteiger partial charge is 0.496 e. The lowest BCUT2D eigenvalue weighted by Gasteiger charge is -2.23. The number of carbonyl (C=O) groups excluding carboxylic acids is 2. The maximum atomic E-state index is 13.4. The molecule has 0 fully saturated rings. The Hall–Kier alpha value is -4.05. The molecule has 1 atom stereocenters. The summed E-state index contributed by atoms with van der Waals surface area (Å²) in [6, 6.07) is 16.4. The fourth-order valence-corrected chi connectivity index (χ4v) is 5.72. The summed E-state index contributed by atoms with van der Waals surface area (Å²) in [5.41, 5.74) is 2.49. The molecule has 35 heavy (non-hydrogen) atoms. The van der Waals surface area contributed by atoms with Crippen LogP contribution in [0.3, 0.4) is 0 Å². The fraction of sp³-hybridized carbons (Fsp3) is 0.200. The molecule has 9 nitrogen and oxygen atoms in total. The quantitative estimate of drug-likeness (QED) is 0.563. The minimum atomic E-state index is -3.90. The van der Waals surface area contributed by atoms with E-state index in [2.05, 4.69) is 10.6 Å². The van der Waals surface area contributed by atoms with Crippen molar-refractivity contribution in [1.82, 2.24) is 0 Å². The average molecular weight is 494 g/mol. The molecule has 0 radical (unpaired) electrons. The number of sulfonamides is 1. The lowest BCUT2D eigenvalue weighted by Crippen LogP contribution is -2.34. The number of nitrogens with zero attached hydrogens (tertiary/aromatic N) is 1. The van der Waals surface area contributed by atoms with Gasteiger partial charge in [-0.2, -0.15) is 0 Å². The molecule has 2 aliphatic rings. The SMILES string of the molecule is COc1ccc(S(=O)(=O)N2CCc3ccccc32)cc1C(=O)Nc1ccc2c(c1)NC(=O)[C@@H](C)O2. The van der Waals surface area contributed by atoms with E-state index in [0.717, 1.165) is 5.56 Å². The van der Waals surface area contributed by atoms with Crippen LogP contribution in [0, 0.1) is 0 Å². The first kappa shape index (κ1) is 22.7. The zero-order valence-electron chi connectivity index (χ0n) is 19.1. The number of carbonyl (C=O) groups is 2. The number of methoxy groups -OCH3 is 1. The van der Waals surface area contributed by atoms with Gasteiger partial charge in [-0.15, -0.1) is 0 Å². The van der Waals surface area contributed by atoms with Crippen molar-refractivity contribution in [3.63, 3.8) is 0 Å². The highest BCUT2D eigenvalue weighted by Crippen LogP contribution is 2.35. The summed E-state index contributed by atoms with van der Waals surface area (Å²) in [6.07, 6.45) is 0.00968. The van der Waals surface area contributed by atoms with Gasteiger partial charge in [0.15, 0.2) is 6.10 Å². The van der Waals surface area contributed by atoms with Crippen molar-refractivity contribution in [2.45, 2.75) is 24.3 Å². The summed E-state index contributed by atoms with van der Waals surface area (Å²) < 4.78 is 39.1. The Morgan fingerprint density at radius 2 is 1.94 bits per heavy atom. The third kappa shape index (κ3) is 4.06. The molecule has 0 aliphatic carbocycles. The van der Waals surface area contributed by atoms with Crippen LogP contribution >= 0.6 is 0 Å². The molecule has 2 N–H and O–H groups in total. The van der Waals surface area contributed by atoms with E-state index in [1.165, 1.54) is 29.6 Å². The van der Waals surface area contributed by atoms with Crippen molar-refractivity contribution in [3.8, 4) is 11.5 Å². The molecule has 0 aromatic heterocycles. The van der Waals surface area contributed by atoms with Crippen LogP contribution in [-0.2, 0) is 21.2 Å². The topological polar surface area (TPSA) is 114 Å². The highest BCUT2D eigenvalue weighted by atomic mass is 32.2. The number of benzene rings is 3. The lowest BCUT2D eigenvalue weighted by molar-refractivity contribution is -0.122. The summed E-state index contributed by atoms with van der Waals surface area (Å²) in [4.78, 5) is 25.1. The van der Waals surface area contributed by atoms with E-state index in [-0.39, 0.29) is 22.1 Å². The van der Waals surface area contributed by atoms with Gasteiger partial charge in [-0.05, 0) is 61.4 Å². The monoisotopic (exact) mass is 493 g/mol. The van der Waals surface area contributed by atoms with Crippen molar-refractivity contribution in [1.29, 1.82) is 0 Å². The van der Waals surface area contributed by atoms with Gasteiger partial charge in [0.05, 0.1) is 28.9 Å². The molecule has 0 bridgehead atoms. The number of para-hydroxylation sites is 1. The van der Waals surface area contributed by atoms with Gasteiger partial charge in [0.25, 0.3) is 21.8 Å². The van der Waals surface area contributed by atoms with Crippen LogP contribution in [0.1, 0.15) is 22.8 Å². The summed E-state index contributed by atoms with van der Waals surface area (Å²) in [5.74, 6) is -0.125. The smallest absolute Gasteiger partial charge is 0.265 e. The minimum absolute atomic E-state index is 0.0137. The number of amides is 2. The van der Waals surface area contributed by atoms with E-state index in [1.807, 2.05) is 12.1 Å². The molecule has 3 aromatic carbocycles. The second-order valence-electron chi connectivity index (χ2n) is 8.23. The highest BCUT2D eigenvalue weighted by molar-refractivity contribution is 7.92. The highest BCUT2D eigenvalue weighted by Gasteiger charge is 2.32. The van der Waals surface area contributed by atoms with Gasteiger partial charge in [-0.1, -0.05) is 18.2 Å².